The van der Waals surface area contributed by atoms with E-state index in [1.807, 2.05) is 6.92 Å². The third-order valence-electron chi connectivity index (χ3n) is 0.627. The van der Waals surface area contributed by atoms with Gasteiger partial charge < -0.3 is 4.74 Å². The highest BCUT2D eigenvalue weighted by Gasteiger charge is 2.16. The minimum Gasteiger partial charge on any atom is -0.472 e. The molecule has 0 rings (SSSR count). The maximum absolute atomic E-state index is 10.6. The molecule has 0 aromatic carbocycles. The van der Waals surface area contributed by atoms with Gasteiger partial charge in [0.05, 0.1) is 6.61 Å². The number of rotatable bonds is 3. The fourth-order valence-corrected chi connectivity index (χ4v) is 0.530. The van der Waals surface area contributed by atoms with Gasteiger partial charge in [-0.05, 0) is 6.42 Å². The summed E-state index contributed by atoms with van der Waals surface area (Å²) >= 11 is 6.02. The molecular formula is C4H7BBr2O2. The Balaban J connectivity index is 3.28. The average molecular weight is 258 g/mol. The number of hydrogen-bond acceptors (Lipinski definition) is 2. The molecule has 0 aliphatic carbocycles. The van der Waals surface area contributed by atoms with Crippen molar-refractivity contribution in [1.29, 1.82) is 0 Å². The summed E-state index contributed by atoms with van der Waals surface area (Å²) in [6.07, 6.45) is 0.860. The Bertz CT molecular complexity index is 96.6. The van der Waals surface area contributed by atoms with Crippen molar-refractivity contribution in [3.05, 3.63) is 0 Å². The largest absolute Gasteiger partial charge is 0.472 e. The molecule has 0 heterocycles. The zero-order chi connectivity index (χ0) is 7.28. The van der Waals surface area contributed by atoms with Crippen LogP contribution in [0.1, 0.15) is 13.3 Å². The van der Waals surface area contributed by atoms with Crippen molar-refractivity contribution in [2.75, 3.05) is 6.61 Å². The van der Waals surface area contributed by atoms with Crippen LogP contribution in [0.15, 0.2) is 0 Å². The third-order valence-corrected chi connectivity index (χ3v) is 1.37. The van der Waals surface area contributed by atoms with Crippen LogP contribution in [0.2, 0.25) is 0 Å². The maximum Gasteiger partial charge on any atom is 0.425 e. The van der Waals surface area contributed by atoms with Gasteiger partial charge in [-0.15, -0.1) is 31.5 Å². The summed E-state index contributed by atoms with van der Waals surface area (Å²) < 4.78 is 4.36. The molecule has 0 aromatic heterocycles. The molecule has 0 fully saturated rings. The second kappa shape index (κ2) is 5.29. The summed E-state index contributed by atoms with van der Waals surface area (Å²) in [5.41, 5.74) is 0. The van der Waals surface area contributed by atoms with Crippen LogP contribution < -0.4 is 0 Å². The van der Waals surface area contributed by atoms with Crippen LogP contribution in [0.5, 0.6) is 0 Å². The van der Waals surface area contributed by atoms with Gasteiger partial charge in [0.1, 0.15) is 0 Å². The summed E-state index contributed by atoms with van der Waals surface area (Å²) in [5, 5.41) is 0. The Kier molecular flexibility index (Phi) is 5.58. The first-order valence-electron chi connectivity index (χ1n) is 2.63. The van der Waals surface area contributed by atoms with Crippen molar-refractivity contribution in [2.24, 2.45) is 0 Å². The SMILES string of the molecule is CCCOC(=O)B(Br)Br. The summed E-state index contributed by atoms with van der Waals surface area (Å²) in [5.74, 6) is -0.267. The van der Waals surface area contributed by atoms with Crippen molar-refractivity contribution < 1.29 is 9.53 Å². The molecule has 0 bridgehead atoms. The fourth-order valence-electron chi connectivity index (χ4n) is 0.266. The van der Waals surface area contributed by atoms with Crippen LogP contribution in [-0.4, -0.2) is 16.8 Å². The Labute approximate surface area is 71.4 Å². The summed E-state index contributed by atoms with van der Waals surface area (Å²) in [4.78, 5) is 10.6. The number of halogens is 2. The summed E-state index contributed by atoms with van der Waals surface area (Å²) in [6, 6.07) is 0. The van der Waals surface area contributed by atoms with Crippen LogP contribution in [0, 0.1) is 0 Å². The van der Waals surface area contributed by atoms with Crippen LogP contribution in [0.3, 0.4) is 0 Å². The monoisotopic (exact) mass is 256 g/mol. The fraction of sp³-hybridized carbons (Fsp3) is 0.750. The van der Waals surface area contributed by atoms with Crippen LogP contribution in [0.4, 0.5) is 4.79 Å². The van der Waals surface area contributed by atoms with Gasteiger partial charge in [0.2, 0.25) is 0 Å². The average Bonchev–Trinajstić information content (AvgIpc) is 1.82. The molecule has 0 spiro atoms. The number of hydrogen-bond donors (Lipinski definition) is 0. The van der Waals surface area contributed by atoms with E-state index in [-0.39, 0.29) is 10.2 Å². The normalized spacial score (nSPS) is 8.78. The lowest BCUT2D eigenvalue weighted by Gasteiger charge is -1.99. The van der Waals surface area contributed by atoms with Crippen LogP contribution in [0.25, 0.3) is 0 Å². The molecule has 9 heavy (non-hydrogen) atoms. The summed E-state index contributed by atoms with van der Waals surface area (Å²) in [6.45, 7) is 2.44. The molecule has 0 aliphatic heterocycles. The minimum absolute atomic E-state index is 0.267. The molecule has 5 heteroatoms. The lowest BCUT2D eigenvalue weighted by molar-refractivity contribution is 0.173. The van der Waals surface area contributed by atoms with Crippen LogP contribution >= 0.6 is 31.5 Å². The van der Waals surface area contributed by atoms with Gasteiger partial charge in [0.25, 0.3) is 5.87 Å². The van der Waals surface area contributed by atoms with E-state index in [1.54, 1.807) is 0 Å². The molecular weight excluding hydrogens is 251 g/mol. The number of carbonyl (C=O) groups is 1. The zero-order valence-electron chi connectivity index (χ0n) is 5.06. The highest BCUT2D eigenvalue weighted by atomic mass is 79.9. The number of carbonyl (C=O) groups excluding carboxylic acids is 1. The Morgan fingerprint density at radius 1 is 1.67 bits per heavy atom. The highest BCUT2D eigenvalue weighted by Crippen LogP contribution is 2.05. The molecule has 0 unspecified atom stereocenters. The maximum atomic E-state index is 10.6. The van der Waals surface area contributed by atoms with E-state index in [0.29, 0.717) is 6.61 Å². The summed E-state index contributed by atoms with van der Waals surface area (Å²) in [7, 11) is 0. The molecule has 0 N–H and O–H groups in total. The molecule has 2 nitrogen and oxygen atoms in total. The van der Waals surface area contributed by atoms with Crippen molar-refractivity contribution in [3.63, 3.8) is 0 Å². The lowest BCUT2D eigenvalue weighted by atomic mass is 10.1. The van der Waals surface area contributed by atoms with E-state index in [9.17, 15) is 4.79 Å². The van der Waals surface area contributed by atoms with Crippen molar-refractivity contribution >= 4 is 41.7 Å². The van der Waals surface area contributed by atoms with E-state index in [0.717, 1.165) is 6.42 Å². The van der Waals surface area contributed by atoms with Crippen molar-refractivity contribution in [3.8, 4) is 0 Å². The molecule has 0 atom stereocenters. The second-order valence-corrected chi connectivity index (χ2v) is 4.53. The van der Waals surface area contributed by atoms with Gasteiger partial charge in [-0.25, -0.2) is 0 Å². The topological polar surface area (TPSA) is 26.3 Å². The Morgan fingerprint density at radius 3 is 2.56 bits per heavy atom. The first kappa shape index (κ1) is 9.49. The van der Waals surface area contributed by atoms with E-state index in [1.165, 1.54) is 0 Å². The molecule has 0 amide bonds. The highest BCUT2D eigenvalue weighted by molar-refractivity contribution is 9.50. The van der Waals surface area contributed by atoms with Gasteiger partial charge in [0, 0.05) is 0 Å². The van der Waals surface area contributed by atoms with Crippen LogP contribution in [-0.2, 0) is 4.74 Å². The predicted octanol–water partition coefficient (Wildman–Crippen LogP) is 2.39. The van der Waals surface area contributed by atoms with Gasteiger partial charge >= 0.3 is 4.36 Å². The van der Waals surface area contributed by atoms with E-state index < -0.39 is 0 Å². The van der Waals surface area contributed by atoms with Gasteiger partial charge in [-0.2, -0.15) is 0 Å². The van der Waals surface area contributed by atoms with E-state index >= 15 is 0 Å². The van der Waals surface area contributed by atoms with Crippen molar-refractivity contribution in [2.45, 2.75) is 13.3 Å². The molecule has 0 radical (unpaired) electrons. The van der Waals surface area contributed by atoms with Crippen molar-refractivity contribution in [1.82, 2.24) is 0 Å². The predicted molar refractivity (Wildman–Crippen MR) is 45.2 cm³/mol. The minimum atomic E-state index is -0.364. The zero-order valence-corrected chi connectivity index (χ0v) is 8.24. The van der Waals surface area contributed by atoms with E-state index in [4.69, 9.17) is 4.74 Å². The molecule has 0 saturated carbocycles. The van der Waals surface area contributed by atoms with E-state index in [2.05, 4.69) is 31.5 Å². The third kappa shape index (κ3) is 4.97. The molecule has 0 saturated heterocycles. The number of ether oxygens (including phenoxy) is 1. The first-order chi connectivity index (χ1) is 4.18. The molecule has 0 aliphatic rings. The standard InChI is InChI=1S/C4H7BBr2O2/c1-2-3-9-4(8)5(6)7/h2-3H2,1H3. The Morgan fingerprint density at radius 2 is 2.22 bits per heavy atom. The molecule has 52 valence electrons. The molecule has 0 aromatic rings. The van der Waals surface area contributed by atoms with Gasteiger partial charge in [-0.1, -0.05) is 6.92 Å². The Hall–Kier alpha value is 0.495. The lowest BCUT2D eigenvalue weighted by Crippen LogP contribution is -2.13. The first-order valence-corrected chi connectivity index (χ1v) is 4.46. The van der Waals surface area contributed by atoms with Gasteiger partial charge in [-0.3, -0.25) is 4.79 Å². The second-order valence-electron chi connectivity index (χ2n) is 1.47. The quantitative estimate of drug-likeness (QED) is 0.726. The van der Waals surface area contributed by atoms with Gasteiger partial charge in [0.15, 0.2) is 0 Å². The smallest absolute Gasteiger partial charge is 0.425 e.